The maximum atomic E-state index is 5.94. The normalized spacial score (nSPS) is 16.6. The SMILES string of the molecule is Clc1ccc(CN2CCN(N=CC(Br)=Cc3ccccc3)CC2)cc1. The van der Waals surface area contributed by atoms with Gasteiger partial charge in [0.05, 0.1) is 6.21 Å². The molecule has 1 aliphatic heterocycles. The lowest BCUT2D eigenvalue weighted by atomic mass is 10.2. The second-order valence-corrected chi connectivity index (χ2v) is 7.39. The van der Waals surface area contributed by atoms with Crippen LogP contribution in [0.3, 0.4) is 0 Å². The molecule has 0 aromatic heterocycles. The van der Waals surface area contributed by atoms with Crippen molar-refractivity contribution in [1.29, 1.82) is 0 Å². The Hall–Kier alpha value is -1.62. The highest BCUT2D eigenvalue weighted by Crippen LogP contribution is 2.14. The largest absolute Gasteiger partial charge is 0.295 e. The smallest absolute Gasteiger partial charge is 0.0612 e. The maximum Gasteiger partial charge on any atom is 0.0612 e. The van der Waals surface area contributed by atoms with Gasteiger partial charge in [0.15, 0.2) is 0 Å². The van der Waals surface area contributed by atoms with E-state index in [1.807, 2.05) is 36.5 Å². The standard InChI is InChI=1S/C20H21BrClN3/c21-19(14-17-4-2-1-3-5-17)15-23-25-12-10-24(11-13-25)16-18-6-8-20(22)9-7-18/h1-9,14-15H,10-13,16H2. The molecule has 0 spiro atoms. The molecule has 0 amide bonds. The van der Waals surface area contributed by atoms with E-state index in [0.717, 1.165) is 47.8 Å². The second-order valence-electron chi connectivity index (χ2n) is 6.04. The van der Waals surface area contributed by atoms with Crippen LogP contribution in [-0.2, 0) is 6.54 Å². The summed E-state index contributed by atoms with van der Waals surface area (Å²) in [6.07, 6.45) is 3.95. The Bertz CT molecular complexity index is 720. The molecule has 1 fully saturated rings. The lowest BCUT2D eigenvalue weighted by molar-refractivity contribution is 0.131. The minimum absolute atomic E-state index is 0.789. The molecule has 1 saturated heterocycles. The molecule has 2 aromatic carbocycles. The van der Waals surface area contributed by atoms with Gasteiger partial charge in [0, 0.05) is 42.2 Å². The second kappa shape index (κ2) is 9.18. The van der Waals surface area contributed by atoms with Crippen LogP contribution in [0.5, 0.6) is 0 Å². The Morgan fingerprint density at radius 1 is 1.00 bits per heavy atom. The van der Waals surface area contributed by atoms with Gasteiger partial charge in [-0.05, 0) is 45.3 Å². The van der Waals surface area contributed by atoms with Gasteiger partial charge in [0.25, 0.3) is 0 Å². The van der Waals surface area contributed by atoms with Crippen molar-refractivity contribution in [3.8, 4) is 0 Å². The highest BCUT2D eigenvalue weighted by Gasteiger charge is 2.15. The number of benzene rings is 2. The number of halogens is 2. The van der Waals surface area contributed by atoms with Gasteiger partial charge in [-0.3, -0.25) is 9.91 Å². The molecule has 0 bridgehead atoms. The summed E-state index contributed by atoms with van der Waals surface area (Å²) in [5.74, 6) is 0. The minimum Gasteiger partial charge on any atom is -0.295 e. The van der Waals surface area contributed by atoms with Crippen LogP contribution in [0.1, 0.15) is 11.1 Å². The van der Waals surface area contributed by atoms with Crippen molar-refractivity contribution >= 4 is 39.8 Å². The molecule has 1 aliphatic rings. The molecule has 5 heteroatoms. The molecule has 25 heavy (non-hydrogen) atoms. The number of rotatable bonds is 5. The number of allylic oxidation sites excluding steroid dienone is 1. The summed E-state index contributed by atoms with van der Waals surface area (Å²) in [6, 6.07) is 18.3. The van der Waals surface area contributed by atoms with Crippen LogP contribution >= 0.6 is 27.5 Å². The van der Waals surface area contributed by atoms with E-state index in [0.29, 0.717) is 0 Å². The fraction of sp³-hybridized carbons (Fsp3) is 0.250. The van der Waals surface area contributed by atoms with Gasteiger partial charge in [0.2, 0.25) is 0 Å². The van der Waals surface area contributed by atoms with E-state index in [1.165, 1.54) is 5.56 Å². The van der Waals surface area contributed by atoms with E-state index in [-0.39, 0.29) is 0 Å². The van der Waals surface area contributed by atoms with E-state index < -0.39 is 0 Å². The van der Waals surface area contributed by atoms with Gasteiger partial charge in [-0.15, -0.1) is 0 Å². The molecule has 0 saturated carbocycles. The topological polar surface area (TPSA) is 18.8 Å². The minimum atomic E-state index is 0.789. The van der Waals surface area contributed by atoms with Crippen LogP contribution in [0, 0.1) is 0 Å². The molecular weight excluding hydrogens is 398 g/mol. The van der Waals surface area contributed by atoms with Crippen molar-refractivity contribution in [1.82, 2.24) is 9.91 Å². The summed E-state index contributed by atoms with van der Waals surface area (Å²) in [6.45, 7) is 4.87. The van der Waals surface area contributed by atoms with Crippen LogP contribution in [0.25, 0.3) is 6.08 Å². The zero-order valence-electron chi connectivity index (χ0n) is 14.0. The van der Waals surface area contributed by atoms with Crippen LogP contribution < -0.4 is 0 Å². The van der Waals surface area contributed by atoms with E-state index in [1.54, 1.807) is 0 Å². The Morgan fingerprint density at radius 2 is 1.68 bits per heavy atom. The van der Waals surface area contributed by atoms with Gasteiger partial charge in [-0.2, -0.15) is 5.10 Å². The van der Waals surface area contributed by atoms with Crippen molar-refractivity contribution in [3.05, 3.63) is 75.2 Å². The van der Waals surface area contributed by atoms with Gasteiger partial charge < -0.3 is 0 Å². The van der Waals surface area contributed by atoms with E-state index in [2.05, 4.69) is 61.3 Å². The zero-order valence-corrected chi connectivity index (χ0v) is 16.3. The van der Waals surface area contributed by atoms with E-state index >= 15 is 0 Å². The van der Waals surface area contributed by atoms with Crippen LogP contribution in [0.15, 0.2) is 64.2 Å². The molecule has 130 valence electrons. The third-order valence-electron chi connectivity index (χ3n) is 4.12. The lowest BCUT2D eigenvalue weighted by Gasteiger charge is -2.33. The summed E-state index contributed by atoms with van der Waals surface area (Å²) in [7, 11) is 0. The molecule has 3 rings (SSSR count). The fourth-order valence-electron chi connectivity index (χ4n) is 2.74. The van der Waals surface area contributed by atoms with Crippen LogP contribution in [0.2, 0.25) is 5.02 Å². The first-order valence-electron chi connectivity index (χ1n) is 8.37. The van der Waals surface area contributed by atoms with Gasteiger partial charge in [-0.1, -0.05) is 54.1 Å². The molecule has 0 unspecified atom stereocenters. The number of piperazine rings is 1. The molecule has 1 heterocycles. The average molecular weight is 419 g/mol. The molecule has 2 aromatic rings. The molecule has 0 N–H and O–H groups in total. The van der Waals surface area contributed by atoms with Crippen LogP contribution in [0.4, 0.5) is 0 Å². The fourth-order valence-corrected chi connectivity index (χ4v) is 3.22. The monoisotopic (exact) mass is 417 g/mol. The number of hydrogen-bond acceptors (Lipinski definition) is 3. The summed E-state index contributed by atoms with van der Waals surface area (Å²) >= 11 is 9.51. The van der Waals surface area contributed by atoms with Crippen molar-refractivity contribution in [2.75, 3.05) is 26.2 Å². The molecular formula is C20H21BrClN3. The zero-order chi connectivity index (χ0) is 17.5. The first-order chi connectivity index (χ1) is 12.2. The Kier molecular flexibility index (Phi) is 6.68. The molecule has 0 atom stereocenters. The number of nitrogens with zero attached hydrogens (tertiary/aromatic N) is 3. The maximum absolute atomic E-state index is 5.94. The summed E-state index contributed by atoms with van der Waals surface area (Å²) < 4.78 is 0.974. The van der Waals surface area contributed by atoms with Crippen molar-refractivity contribution in [2.24, 2.45) is 5.10 Å². The molecule has 3 nitrogen and oxygen atoms in total. The Morgan fingerprint density at radius 3 is 2.36 bits per heavy atom. The summed E-state index contributed by atoms with van der Waals surface area (Å²) in [4.78, 5) is 2.45. The van der Waals surface area contributed by atoms with Crippen molar-refractivity contribution in [3.63, 3.8) is 0 Å². The van der Waals surface area contributed by atoms with Gasteiger partial charge in [-0.25, -0.2) is 0 Å². The molecule has 0 radical (unpaired) electrons. The summed E-state index contributed by atoms with van der Waals surface area (Å²) in [5, 5.41) is 7.49. The van der Waals surface area contributed by atoms with Gasteiger partial charge in [0.1, 0.15) is 0 Å². The quantitative estimate of drug-likeness (QED) is 0.645. The van der Waals surface area contributed by atoms with Crippen LogP contribution in [-0.4, -0.2) is 42.3 Å². The van der Waals surface area contributed by atoms with E-state index in [4.69, 9.17) is 11.6 Å². The first kappa shape index (κ1) is 18.2. The third kappa shape index (κ3) is 5.99. The Balaban J connectivity index is 1.47. The predicted octanol–water partition coefficient (Wildman–Crippen LogP) is 4.88. The van der Waals surface area contributed by atoms with E-state index in [9.17, 15) is 0 Å². The Labute approximate surface area is 162 Å². The summed E-state index contributed by atoms with van der Waals surface area (Å²) in [5.41, 5.74) is 2.46. The average Bonchev–Trinajstić information content (AvgIpc) is 2.64. The lowest BCUT2D eigenvalue weighted by Crippen LogP contribution is -2.43. The highest BCUT2D eigenvalue weighted by molar-refractivity contribution is 9.12. The highest BCUT2D eigenvalue weighted by atomic mass is 79.9. The number of hydrogen-bond donors (Lipinski definition) is 0. The first-order valence-corrected chi connectivity index (χ1v) is 9.54. The van der Waals surface area contributed by atoms with Gasteiger partial charge >= 0.3 is 0 Å². The third-order valence-corrected chi connectivity index (χ3v) is 4.80. The number of hydrazone groups is 1. The van der Waals surface area contributed by atoms with Crippen molar-refractivity contribution in [2.45, 2.75) is 6.54 Å². The molecule has 0 aliphatic carbocycles. The van der Waals surface area contributed by atoms with Crippen molar-refractivity contribution < 1.29 is 0 Å². The predicted molar refractivity (Wildman–Crippen MR) is 110 cm³/mol.